The van der Waals surface area contributed by atoms with Gasteiger partial charge in [0.1, 0.15) is 5.39 Å². The summed E-state index contributed by atoms with van der Waals surface area (Å²) in [4.78, 5) is 31.7. The van der Waals surface area contributed by atoms with Crippen LogP contribution in [0.2, 0.25) is 0 Å². The molecule has 11 heteroatoms. The SMILES string of the molecule is Cc1ccccc1-n1ncc2c(=O)[nH]c(SCC(=O)Nc3cccc(C(F)(F)F)c3)nc21. The van der Waals surface area contributed by atoms with Crippen LogP contribution < -0.4 is 10.9 Å². The first-order chi connectivity index (χ1) is 15.2. The minimum absolute atomic E-state index is 0.0277. The van der Waals surface area contributed by atoms with Gasteiger partial charge in [-0.15, -0.1) is 0 Å². The summed E-state index contributed by atoms with van der Waals surface area (Å²) in [5, 5.41) is 7.17. The van der Waals surface area contributed by atoms with Gasteiger partial charge in [0.05, 0.1) is 23.2 Å². The summed E-state index contributed by atoms with van der Waals surface area (Å²) in [6, 6.07) is 11.8. The minimum atomic E-state index is -4.51. The molecule has 2 aromatic heterocycles. The Labute approximate surface area is 183 Å². The lowest BCUT2D eigenvalue weighted by molar-refractivity contribution is -0.137. The molecule has 32 heavy (non-hydrogen) atoms. The number of amides is 1. The van der Waals surface area contributed by atoms with Crippen LogP contribution in [-0.4, -0.2) is 31.4 Å². The molecule has 2 heterocycles. The third-order valence-electron chi connectivity index (χ3n) is 4.57. The summed E-state index contributed by atoms with van der Waals surface area (Å²) < 4.78 is 40.0. The molecule has 0 aliphatic rings. The van der Waals surface area contributed by atoms with E-state index in [0.717, 1.165) is 35.1 Å². The highest BCUT2D eigenvalue weighted by Gasteiger charge is 2.30. The summed E-state index contributed by atoms with van der Waals surface area (Å²) in [5.41, 5.74) is 0.802. The van der Waals surface area contributed by atoms with Gasteiger partial charge in [0.2, 0.25) is 5.91 Å². The first-order valence-corrected chi connectivity index (χ1v) is 10.3. The van der Waals surface area contributed by atoms with Crippen molar-refractivity contribution < 1.29 is 18.0 Å². The van der Waals surface area contributed by atoms with E-state index >= 15 is 0 Å². The molecular weight excluding hydrogens is 443 g/mol. The van der Waals surface area contributed by atoms with Crippen molar-refractivity contribution in [2.24, 2.45) is 0 Å². The molecule has 4 rings (SSSR count). The van der Waals surface area contributed by atoms with E-state index in [1.807, 2.05) is 31.2 Å². The normalized spacial score (nSPS) is 11.6. The molecule has 7 nitrogen and oxygen atoms in total. The monoisotopic (exact) mass is 459 g/mol. The fourth-order valence-corrected chi connectivity index (χ4v) is 3.70. The number of nitrogens with one attached hydrogen (secondary N) is 2. The highest BCUT2D eigenvalue weighted by Crippen LogP contribution is 2.30. The van der Waals surface area contributed by atoms with Crippen LogP contribution in [0.3, 0.4) is 0 Å². The third-order valence-corrected chi connectivity index (χ3v) is 5.45. The molecule has 0 spiro atoms. The number of aryl methyl sites for hydroxylation is 1. The topological polar surface area (TPSA) is 92.7 Å². The fraction of sp³-hybridized carbons (Fsp3) is 0.143. The van der Waals surface area contributed by atoms with Crippen molar-refractivity contribution in [3.63, 3.8) is 0 Å². The van der Waals surface area contributed by atoms with Crippen molar-refractivity contribution in [2.45, 2.75) is 18.3 Å². The first-order valence-electron chi connectivity index (χ1n) is 9.36. The first kappa shape index (κ1) is 21.6. The van der Waals surface area contributed by atoms with Crippen molar-refractivity contribution in [1.82, 2.24) is 19.7 Å². The highest BCUT2D eigenvalue weighted by molar-refractivity contribution is 7.99. The maximum Gasteiger partial charge on any atom is 0.416 e. The Balaban J connectivity index is 1.53. The van der Waals surface area contributed by atoms with Crippen molar-refractivity contribution in [2.75, 3.05) is 11.1 Å². The standard InChI is InChI=1S/C21H16F3N5O2S/c1-12-5-2-3-8-16(12)29-18-15(10-25-29)19(31)28-20(27-18)32-11-17(30)26-14-7-4-6-13(9-14)21(22,23)24/h2-10H,11H2,1H3,(H,26,30)(H,27,28,31). The molecule has 0 saturated heterocycles. The van der Waals surface area contributed by atoms with E-state index in [9.17, 15) is 22.8 Å². The summed E-state index contributed by atoms with van der Waals surface area (Å²) in [6.07, 6.45) is -3.09. The van der Waals surface area contributed by atoms with Crippen molar-refractivity contribution in [1.29, 1.82) is 0 Å². The van der Waals surface area contributed by atoms with Gasteiger partial charge in [-0.3, -0.25) is 9.59 Å². The fourth-order valence-electron chi connectivity index (χ4n) is 3.05. The molecule has 164 valence electrons. The Morgan fingerprint density at radius 3 is 2.72 bits per heavy atom. The molecule has 0 bridgehead atoms. The Hall–Kier alpha value is -3.60. The summed E-state index contributed by atoms with van der Waals surface area (Å²) in [7, 11) is 0. The van der Waals surface area contributed by atoms with Crippen LogP contribution >= 0.6 is 11.8 Å². The Morgan fingerprint density at radius 2 is 1.97 bits per heavy atom. The quantitative estimate of drug-likeness (QED) is 0.345. The Bertz CT molecular complexity index is 1360. The van der Waals surface area contributed by atoms with E-state index < -0.39 is 23.2 Å². The van der Waals surface area contributed by atoms with E-state index in [1.54, 1.807) is 4.68 Å². The van der Waals surface area contributed by atoms with E-state index in [-0.39, 0.29) is 16.6 Å². The number of para-hydroxylation sites is 1. The molecule has 0 saturated carbocycles. The summed E-state index contributed by atoms with van der Waals surface area (Å²) in [5.74, 6) is -0.701. The van der Waals surface area contributed by atoms with E-state index in [0.29, 0.717) is 11.0 Å². The van der Waals surface area contributed by atoms with E-state index in [4.69, 9.17) is 0 Å². The zero-order valence-corrected chi connectivity index (χ0v) is 17.4. The number of alkyl halides is 3. The van der Waals surface area contributed by atoms with Crippen molar-refractivity contribution in [3.8, 4) is 5.69 Å². The number of hydrogen-bond donors (Lipinski definition) is 2. The average Bonchev–Trinajstić information content (AvgIpc) is 3.16. The zero-order chi connectivity index (χ0) is 22.9. The number of aromatic amines is 1. The number of aromatic nitrogens is 4. The Morgan fingerprint density at radius 1 is 1.19 bits per heavy atom. The van der Waals surface area contributed by atoms with Gasteiger partial charge in [-0.05, 0) is 36.8 Å². The molecule has 2 aromatic carbocycles. The third kappa shape index (κ3) is 4.52. The zero-order valence-electron chi connectivity index (χ0n) is 16.6. The second-order valence-electron chi connectivity index (χ2n) is 6.87. The number of nitrogens with zero attached hydrogens (tertiary/aromatic N) is 3. The lowest BCUT2D eigenvalue weighted by atomic mass is 10.2. The largest absolute Gasteiger partial charge is 0.416 e. The van der Waals surface area contributed by atoms with Crippen LogP contribution in [0.15, 0.2) is 64.7 Å². The van der Waals surface area contributed by atoms with Crippen molar-refractivity contribution in [3.05, 3.63) is 76.2 Å². The van der Waals surface area contributed by atoms with Gasteiger partial charge in [0.25, 0.3) is 5.56 Å². The number of thioether (sulfide) groups is 1. The number of H-pyrrole nitrogens is 1. The molecule has 0 aliphatic carbocycles. The van der Waals surface area contributed by atoms with Gasteiger partial charge < -0.3 is 10.3 Å². The van der Waals surface area contributed by atoms with E-state index in [1.165, 1.54) is 18.3 Å². The average molecular weight is 459 g/mol. The van der Waals surface area contributed by atoms with Crippen LogP contribution in [0.5, 0.6) is 0 Å². The number of halogens is 3. The Kier molecular flexibility index (Phi) is 5.74. The molecule has 0 aliphatic heterocycles. The van der Waals surface area contributed by atoms with Crippen LogP contribution in [-0.2, 0) is 11.0 Å². The highest BCUT2D eigenvalue weighted by atomic mass is 32.2. The van der Waals surface area contributed by atoms with Gasteiger partial charge >= 0.3 is 6.18 Å². The number of hydrogen-bond acceptors (Lipinski definition) is 5. The summed E-state index contributed by atoms with van der Waals surface area (Å²) in [6.45, 7) is 1.91. The number of carbonyl (C=O) groups is 1. The maximum atomic E-state index is 12.8. The van der Waals surface area contributed by atoms with Crippen molar-refractivity contribution >= 4 is 34.4 Å². The minimum Gasteiger partial charge on any atom is -0.325 e. The molecule has 1 amide bonds. The summed E-state index contributed by atoms with van der Waals surface area (Å²) >= 11 is 0.956. The lowest BCUT2D eigenvalue weighted by Crippen LogP contribution is -2.16. The van der Waals surface area contributed by atoms with Crippen LogP contribution in [0, 0.1) is 6.92 Å². The molecule has 0 fully saturated rings. The number of rotatable bonds is 5. The van der Waals surface area contributed by atoms with Crippen LogP contribution in [0.4, 0.5) is 18.9 Å². The van der Waals surface area contributed by atoms with Gasteiger partial charge in [-0.2, -0.15) is 18.3 Å². The van der Waals surface area contributed by atoms with Crippen LogP contribution in [0.1, 0.15) is 11.1 Å². The van der Waals surface area contributed by atoms with Gasteiger partial charge in [-0.1, -0.05) is 36.0 Å². The second-order valence-corrected chi connectivity index (χ2v) is 7.83. The molecule has 0 radical (unpaired) electrons. The molecule has 0 unspecified atom stereocenters. The molecule has 2 N–H and O–H groups in total. The molecule has 4 aromatic rings. The van der Waals surface area contributed by atoms with Crippen LogP contribution in [0.25, 0.3) is 16.7 Å². The lowest BCUT2D eigenvalue weighted by Gasteiger charge is -2.10. The maximum absolute atomic E-state index is 12.8. The number of fused-ring (bicyclic) bond motifs is 1. The van der Waals surface area contributed by atoms with Gasteiger partial charge in [0.15, 0.2) is 10.8 Å². The van der Waals surface area contributed by atoms with Gasteiger partial charge in [-0.25, -0.2) is 9.67 Å². The molecular formula is C21H16F3N5O2S. The smallest absolute Gasteiger partial charge is 0.325 e. The van der Waals surface area contributed by atoms with Gasteiger partial charge in [0, 0.05) is 5.69 Å². The number of benzene rings is 2. The second kappa shape index (κ2) is 8.50. The number of anilines is 1. The number of carbonyl (C=O) groups excluding carboxylic acids is 1. The molecule has 0 atom stereocenters. The predicted molar refractivity (Wildman–Crippen MR) is 115 cm³/mol. The predicted octanol–water partition coefficient (Wildman–Crippen LogP) is 4.17. The van der Waals surface area contributed by atoms with E-state index in [2.05, 4.69) is 20.4 Å².